The number of carboxylic acid groups (broad SMARTS) is 1. The maximum Gasteiger partial charge on any atom is 0.328 e. The van der Waals surface area contributed by atoms with Crippen molar-refractivity contribution in [3.05, 3.63) is 69.6 Å². The second kappa shape index (κ2) is 9.18. The molecule has 0 fully saturated rings. The maximum absolute atomic E-state index is 13.3. The third-order valence-corrected chi connectivity index (χ3v) is 7.35. The molecule has 4 aromatic rings. The highest BCUT2D eigenvalue weighted by Gasteiger charge is 2.32. The molecular formula is C26H25N3O5S. The smallest absolute Gasteiger partial charge is 0.328 e. The molecule has 180 valence electrons. The number of methoxy groups -OCH3 is 1. The number of Topliss-reactive ketones (excluding diaryl/α,β-unsaturated/α-hetero) is 1. The fourth-order valence-electron chi connectivity index (χ4n) is 4.17. The van der Waals surface area contributed by atoms with Gasteiger partial charge in [-0.25, -0.2) is 9.78 Å². The SMILES string of the molecule is COCc1ccc(C(C)=O)c2sc(C(=O)Nc3ccc4c(C(C)(N)C(=O)O)cccc4n3)c(C)c12. The predicted octanol–water partition coefficient (Wildman–Crippen LogP) is 4.62. The third kappa shape index (κ3) is 4.29. The first-order chi connectivity index (χ1) is 16.6. The number of carbonyl (C=O) groups is 3. The molecular weight excluding hydrogens is 466 g/mol. The topological polar surface area (TPSA) is 132 Å². The van der Waals surface area contributed by atoms with Gasteiger partial charge in [0.2, 0.25) is 0 Å². The summed E-state index contributed by atoms with van der Waals surface area (Å²) in [5, 5.41) is 13.8. The second-order valence-corrected chi connectivity index (χ2v) is 9.57. The van der Waals surface area contributed by atoms with Crippen molar-refractivity contribution in [3.63, 3.8) is 0 Å². The molecule has 35 heavy (non-hydrogen) atoms. The zero-order valence-corrected chi connectivity index (χ0v) is 20.6. The van der Waals surface area contributed by atoms with Crippen LogP contribution in [-0.2, 0) is 21.7 Å². The zero-order chi connectivity index (χ0) is 25.5. The van der Waals surface area contributed by atoms with Crippen molar-refractivity contribution in [1.82, 2.24) is 4.98 Å². The highest BCUT2D eigenvalue weighted by atomic mass is 32.1. The van der Waals surface area contributed by atoms with Crippen LogP contribution in [0, 0.1) is 6.92 Å². The van der Waals surface area contributed by atoms with Crippen LogP contribution in [-0.4, -0.2) is 34.9 Å². The first-order valence-electron chi connectivity index (χ1n) is 10.8. The van der Waals surface area contributed by atoms with Crippen LogP contribution < -0.4 is 11.1 Å². The van der Waals surface area contributed by atoms with E-state index in [2.05, 4.69) is 10.3 Å². The summed E-state index contributed by atoms with van der Waals surface area (Å²) >= 11 is 1.26. The Labute approximate surface area is 205 Å². The van der Waals surface area contributed by atoms with Crippen LogP contribution >= 0.6 is 11.3 Å². The Morgan fingerprint density at radius 1 is 1.17 bits per heavy atom. The number of ketones is 1. The normalized spacial score (nSPS) is 13.1. The molecule has 1 atom stereocenters. The van der Waals surface area contributed by atoms with E-state index >= 15 is 0 Å². The van der Waals surface area contributed by atoms with E-state index < -0.39 is 11.5 Å². The number of amides is 1. The number of thiophene rings is 1. The molecule has 4 N–H and O–H groups in total. The van der Waals surface area contributed by atoms with Gasteiger partial charge in [-0.3, -0.25) is 9.59 Å². The summed E-state index contributed by atoms with van der Waals surface area (Å²) in [4.78, 5) is 42.1. The number of benzene rings is 2. The standard InChI is InChI=1S/C26H25N3O5S/c1-13-21-15(12-34-4)8-9-16(14(2)30)23(21)35-22(13)24(31)29-20-11-10-17-18(26(3,27)25(32)33)6-5-7-19(17)28-20/h5-11H,12,27H2,1-4H3,(H,32,33)(H,28,29,31). The number of carboxylic acids is 1. The molecule has 0 aliphatic rings. The van der Waals surface area contributed by atoms with Gasteiger partial charge in [0.15, 0.2) is 5.78 Å². The number of ether oxygens (including phenoxy) is 1. The summed E-state index contributed by atoms with van der Waals surface area (Å²) in [6, 6.07) is 12.0. The summed E-state index contributed by atoms with van der Waals surface area (Å²) in [7, 11) is 1.60. The van der Waals surface area contributed by atoms with Gasteiger partial charge >= 0.3 is 5.97 Å². The zero-order valence-electron chi connectivity index (χ0n) is 19.8. The molecule has 2 aromatic carbocycles. The van der Waals surface area contributed by atoms with Crippen molar-refractivity contribution in [1.29, 1.82) is 0 Å². The Balaban J connectivity index is 1.74. The van der Waals surface area contributed by atoms with Crippen LogP contribution in [0.25, 0.3) is 21.0 Å². The van der Waals surface area contributed by atoms with Gasteiger partial charge in [0, 0.05) is 28.1 Å². The summed E-state index contributed by atoms with van der Waals surface area (Å²) in [5.74, 6) is -1.26. The predicted molar refractivity (Wildman–Crippen MR) is 136 cm³/mol. The number of anilines is 1. The van der Waals surface area contributed by atoms with Crippen molar-refractivity contribution in [3.8, 4) is 0 Å². The van der Waals surface area contributed by atoms with Gasteiger partial charge in [0.25, 0.3) is 5.91 Å². The molecule has 2 aromatic heterocycles. The number of pyridine rings is 1. The van der Waals surface area contributed by atoms with Crippen LogP contribution in [0.15, 0.2) is 42.5 Å². The molecule has 4 rings (SSSR count). The van der Waals surface area contributed by atoms with Gasteiger partial charge in [0.1, 0.15) is 11.4 Å². The number of rotatable bonds is 7. The molecule has 1 unspecified atom stereocenters. The summed E-state index contributed by atoms with van der Waals surface area (Å²) in [6.07, 6.45) is 0. The van der Waals surface area contributed by atoms with Gasteiger partial charge < -0.3 is 20.9 Å². The lowest BCUT2D eigenvalue weighted by Gasteiger charge is -2.21. The van der Waals surface area contributed by atoms with Gasteiger partial charge in [-0.2, -0.15) is 0 Å². The average molecular weight is 492 g/mol. The molecule has 9 heteroatoms. The van der Waals surface area contributed by atoms with Gasteiger partial charge in [-0.1, -0.05) is 18.2 Å². The number of carbonyl (C=O) groups excluding carboxylic acids is 2. The van der Waals surface area contributed by atoms with E-state index in [1.54, 1.807) is 43.5 Å². The van der Waals surface area contributed by atoms with Crippen molar-refractivity contribution >= 4 is 55.8 Å². The first-order valence-corrected chi connectivity index (χ1v) is 11.7. The van der Waals surface area contributed by atoms with Crippen LogP contribution in [0.1, 0.15) is 50.6 Å². The van der Waals surface area contributed by atoms with E-state index in [0.29, 0.717) is 39.3 Å². The van der Waals surface area contributed by atoms with Gasteiger partial charge in [-0.15, -0.1) is 11.3 Å². The van der Waals surface area contributed by atoms with Crippen LogP contribution in [0.2, 0.25) is 0 Å². The number of aromatic nitrogens is 1. The molecule has 0 aliphatic heterocycles. The summed E-state index contributed by atoms with van der Waals surface area (Å²) < 4.78 is 6.06. The molecule has 0 aliphatic carbocycles. The number of nitrogens with zero attached hydrogens (tertiary/aromatic N) is 1. The Morgan fingerprint density at radius 3 is 2.57 bits per heavy atom. The molecule has 0 radical (unpaired) electrons. The minimum atomic E-state index is -1.59. The van der Waals surface area contributed by atoms with E-state index in [0.717, 1.165) is 21.2 Å². The fourth-order valence-corrected chi connectivity index (χ4v) is 5.48. The first kappa shape index (κ1) is 24.5. The Kier molecular flexibility index (Phi) is 6.42. The van der Waals surface area contributed by atoms with Crippen molar-refractivity contribution < 1.29 is 24.2 Å². The monoisotopic (exact) mass is 491 g/mol. The van der Waals surface area contributed by atoms with Crippen LogP contribution in [0.4, 0.5) is 5.82 Å². The quantitative estimate of drug-likeness (QED) is 0.322. The minimum absolute atomic E-state index is 0.0764. The van der Waals surface area contributed by atoms with Crippen LogP contribution in [0.3, 0.4) is 0 Å². The van der Waals surface area contributed by atoms with Crippen molar-refractivity contribution in [2.75, 3.05) is 12.4 Å². The third-order valence-electron chi connectivity index (χ3n) is 6.03. The molecule has 1 amide bonds. The number of fused-ring (bicyclic) bond motifs is 2. The number of hydrogen-bond acceptors (Lipinski definition) is 7. The lowest BCUT2D eigenvalue weighted by Crippen LogP contribution is -2.41. The second-order valence-electron chi connectivity index (χ2n) is 8.55. The lowest BCUT2D eigenvalue weighted by atomic mass is 9.90. The molecule has 0 bridgehead atoms. The van der Waals surface area contributed by atoms with E-state index in [1.807, 2.05) is 13.0 Å². The Morgan fingerprint density at radius 2 is 1.91 bits per heavy atom. The van der Waals surface area contributed by atoms with E-state index in [-0.39, 0.29) is 11.7 Å². The number of nitrogens with one attached hydrogen (secondary N) is 1. The molecule has 2 heterocycles. The maximum atomic E-state index is 13.3. The summed E-state index contributed by atoms with van der Waals surface area (Å²) in [5.41, 5.74) is 7.61. The number of nitrogens with two attached hydrogens (primary N) is 1. The van der Waals surface area contributed by atoms with Crippen LogP contribution in [0.5, 0.6) is 0 Å². The highest BCUT2D eigenvalue weighted by Crippen LogP contribution is 2.37. The Hall–Kier alpha value is -3.66. The fraction of sp³-hybridized carbons (Fsp3) is 0.231. The average Bonchev–Trinajstić information content (AvgIpc) is 3.16. The largest absolute Gasteiger partial charge is 0.480 e. The van der Waals surface area contributed by atoms with Crippen molar-refractivity contribution in [2.24, 2.45) is 5.73 Å². The van der Waals surface area contributed by atoms with E-state index in [9.17, 15) is 19.5 Å². The number of hydrogen-bond donors (Lipinski definition) is 3. The van der Waals surface area contributed by atoms with Crippen molar-refractivity contribution in [2.45, 2.75) is 32.9 Å². The highest BCUT2D eigenvalue weighted by molar-refractivity contribution is 7.21. The number of aryl methyl sites for hydroxylation is 1. The minimum Gasteiger partial charge on any atom is -0.480 e. The molecule has 0 spiro atoms. The summed E-state index contributed by atoms with van der Waals surface area (Å²) in [6.45, 7) is 5.14. The molecule has 8 nitrogen and oxygen atoms in total. The lowest BCUT2D eigenvalue weighted by molar-refractivity contribution is -0.142. The van der Waals surface area contributed by atoms with E-state index in [4.69, 9.17) is 10.5 Å². The Bertz CT molecular complexity index is 1510. The van der Waals surface area contributed by atoms with Gasteiger partial charge in [-0.05, 0) is 61.7 Å². The van der Waals surface area contributed by atoms with E-state index in [1.165, 1.54) is 25.2 Å². The molecule has 0 saturated heterocycles. The van der Waals surface area contributed by atoms with Gasteiger partial charge in [0.05, 0.1) is 17.0 Å². The number of aliphatic carboxylic acids is 1. The molecule has 0 saturated carbocycles.